The largest absolute Gasteiger partial charge is 0.493 e. The Morgan fingerprint density at radius 3 is 2.86 bits per heavy atom. The lowest BCUT2D eigenvalue weighted by Crippen LogP contribution is -2.06. The van der Waals surface area contributed by atoms with Gasteiger partial charge < -0.3 is 14.2 Å². The molecule has 0 aliphatic carbocycles. The summed E-state index contributed by atoms with van der Waals surface area (Å²) in [6.45, 7) is 6.30. The first kappa shape index (κ1) is 15.9. The first-order chi connectivity index (χ1) is 10.6. The van der Waals surface area contributed by atoms with Gasteiger partial charge in [0.2, 0.25) is 0 Å². The summed E-state index contributed by atoms with van der Waals surface area (Å²) in [6.07, 6.45) is 2.42. The maximum absolute atomic E-state index is 11.7. The van der Waals surface area contributed by atoms with Gasteiger partial charge in [-0.05, 0) is 39.0 Å². The smallest absolute Gasteiger partial charge is 0.348 e. The summed E-state index contributed by atoms with van der Waals surface area (Å²) in [5, 5.41) is 9.15. The van der Waals surface area contributed by atoms with Crippen LogP contribution in [0.1, 0.15) is 31.9 Å². The highest BCUT2D eigenvalue weighted by molar-refractivity contribution is 5.98. The Morgan fingerprint density at radius 1 is 1.45 bits per heavy atom. The van der Waals surface area contributed by atoms with Gasteiger partial charge in [-0.1, -0.05) is 0 Å². The molecule has 0 spiro atoms. The van der Waals surface area contributed by atoms with E-state index in [0.717, 1.165) is 17.7 Å². The standard InChI is InChI=1S/C17H19NO4/c1-4-20-15-8-12-6-11(3)22-16(12)9-13(15)7-14(10-18)17(19)21-5-2/h7-9,11H,4-6H2,1-3H3/b14-7+/t11-/m1/s1. The molecule has 2 rings (SSSR count). The van der Waals surface area contributed by atoms with Crippen LogP contribution in [0.4, 0.5) is 0 Å². The van der Waals surface area contributed by atoms with Crippen molar-refractivity contribution in [2.75, 3.05) is 13.2 Å². The molecular formula is C17H19NO4. The van der Waals surface area contributed by atoms with E-state index in [0.29, 0.717) is 17.9 Å². The molecule has 1 atom stereocenters. The lowest BCUT2D eigenvalue weighted by Gasteiger charge is -2.10. The van der Waals surface area contributed by atoms with Crippen molar-refractivity contribution in [3.05, 3.63) is 28.8 Å². The van der Waals surface area contributed by atoms with Crippen molar-refractivity contribution in [1.29, 1.82) is 5.26 Å². The highest BCUT2D eigenvalue weighted by Crippen LogP contribution is 2.36. The first-order valence-electron chi connectivity index (χ1n) is 7.34. The molecule has 0 N–H and O–H groups in total. The van der Waals surface area contributed by atoms with E-state index in [1.54, 1.807) is 13.0 Å². The van der Waals surface area contributed by atoms with Crippen molar-refractivity contribution in [3.8, 4) is 17.6 Å². The highest BCUT2D eigenvalue weighted by atomic mass is 16.5. The molecule has 0 bridgehead atoms. The van der Waals surface area contributed by atoms with Gasteiger partial charge in [-0.3, -0.25) is 0 Å². The summed E-state index contributed by atoms with van der Waals surface area (Å²) in [6, 6.07) is 5.59. The Balaban J connectivity index is 2.43. The van der Waals surface area contributed by atoms with Crippen LogP contribution in [0.3, 0.4) is 0 Å². The van der Waals surface area contributed by atoms with Crippen LogP contribution in [0.15, 0.2) is 17.7 Å². The van der Waals surface area contributed by atoms with Crippen molar-refractivity contribution >= 4 is 12.0 Å². The number of fused-ring (bicyclic) bond motifs is 1. The van der Waals surface area contributed by atoms with Crippen LogP contribution in [0.5, 0.6) is 11.5 Å². The van der Waals surface area contributed by atoms with Gasteiger partial charge in [0.05, 0.1) is 13.2 Å². The number of carbonyl (C=O) groups is 1. The second-order valence-electron chi connectivity index (χ2n) is 4.95. The molecule has 1 heterocycles. The molecule has 1 aromatic carbocycles. The van der Waals surface area contributed by atoms with Crippen LogP contribution < -0.4 is 9.47 Å². The number of nitrogens with zero attached hydrogens (tertiary/aromatic N) is 1. The van der Waals surface area contributed by atoms with Crippen molar-refractivity contribution < 1.29 is 19.0 Å². The maximum atomic E-state index is 11.7. The van der Waals surface area contributed by atoms with E-state index < -0.39 is 5.97 Å². The molecule has 22 heavy (non-hydrogen) atoms. The van der Waals surface area contributed by atoms with Crippen LogP contribution in [0.2, 0.25) is 0 Å². The van der Waals surface area contributed by atoms with E-state index >= 15 is 0 Å². The molecular weight excluding hydrogens is 282 g/mol. The van der Waals surface area contributed by atoms with Crippen LogP contribution in [-0.2, 0) is 16.0 Å². The third-order valence-corrected chi connectivity index (χ3v) is 3.24. The minimum absolute atomic E-state index is 0.0613. The van der Waals surface area contributed by atoms with Crippen LogP contribution >= 0.6 is 0 Å². The second kappa shape index (κ2) is 6.99. The molecule has 0 fully saturated rings. The molecule has 0 saturated carbocycles. The van der Waals surface area contributed by atoms with Crippen LogP contribution in [0, 0.1) is 11.3 Å². The van der Waals surface area contributed by atoms with Gasteiger partial charge in [-0.15, -0.1) is 0 Å². The van der Waals surface area contributed by atoms with Gasteiger partial charge in [-0.25, -0.2) is 4.79 Å². The van der Waals surface area contributed by atoms with Gasteiger partial charge in [0.25, 0.3) is 0 Å². The third-order valence-electron chi connectivity index (χ3n) is 3.24. The number of ether oxygens (including phenoxy) is 3. The van der Waals surface area contributed by atoms with E-state index in [9.17, 15) is 4.79 Å². The SMILES string of the molecule is CCOC(=O)/C(C#N)=C/c1cc2c(cc1OCC)C[C@@H](C)O2. The Bertz CT molecular complexity index is 643. The summed E-state index contributed by atoms with van der Waals surface area (Å²) in [5.41, 5.74) is 1.65. The normalized spacial score (nSPS) is 16.5. The molecule has 0 saturated heterocycles. The van der Waals surface area contributed by atoms with Gasteiger partial charge in [0, 0.05) is 17.5 Å². The predicted octanol–water partition coefficient (Wildman–Crippen LogP) is 2.88. The number of esters is 1. The number of hydrogen-bond acceptors (Lipinski definition) is 5. The fourth-order valence-electron chi connectivity index (χ4n) is 2.35. The maximum Gasteiger partial charge on any atom is 0.348 e. The molecule has 5 heteroatoms. The van der Waals surface area contributed by atoms with Crippen molar-refractivity contribution in [1.82, 2.24) is 0 Å². The lowest BCUT2D eigenvalue weighted by molar-refractivity contribution is -0.137. The Morgan fingerprint density at radius 2 is 2.23 bits per heavy atom. The topological polar surface area (TPSA) is 68.6 Å². The van der Waals surface area contributed by atoms with Crippen molar-refractivity contribution in [2.45, 2.75) is 33.3 Å². The summed E-state index contributed by atoms with van der Waals surface area (Å²) in [4.78, 5) is 11.7. The molecule has 1 aliphatic rings. The van der Waals surface area contributed by atoms with Gasteiger partial charge in [-0.2, -0.15) is 5.26 Å². The predicted molar refractivity (Wildman–Crippen MR) is 81.6 cm³/mol. The molecule has 1 aliphatic heterocycles. The number of carbonyl (C=O) groups excluding carboxylic acids is 1. The van der Waals surface area contributed by atoms with E-state index in [-0.39, 0.29) is 18.3 Å². The Hall–Kier alpha value is -2.48. The molecule has 116 valence electrons. The summed E-state index contributed by atoms with van der Waals surface area (Å²) < 4.78 is 16.2. The fraction of sp³-hybridized carbons (Fsp3) is 0.412. The third kappa shape index (κ3) is 3.40. The molecule has 0 unspecified atom stereocenters. The average molecular weight is 301 g/mol. The molecule has 5 nitrogen and oxygen atoms in total. The minimum Gasteiger partial charge on any atom is -0.493 e. The number of hydrogen-bond donors (Lipinski definition) is 0. The zero-order valence-electron chi connectivity index (χ0n) is 13.0. The van der Waals surface area contributed by atoms with E-state index in [1.807, 2.05) is 26.0 Å². The second-order valence-corrected chi connectivity index (χ2v) is 4.95. The molecule has 0 amide bonds. The molecule has 0 aromatic heterocycles. The summed E-state index contributed by atoms with van der Waals surface area (Å²) >= 11 is 0. The molecule has 1 aromatic rings. The van der Waals surface area contributed by atoms with Crippen molar-refractivity contribution in [2.24, 2.45) is 0 Å². The zero-order valence-corrected chi connectivity index (χ0v) is 13.0. The lowest BCUT2D eigenvalue weighted by atomic mass is 10.0. The zero-order chi connectivity index (χ0) is 16.1. The van der Waals surface area contributed by atoms with Crippen LogP contribution in [-0.4, -0.2) is 25.3 Å². The fourth-order valence-corrected chi connectivity index (χ4v) is 2.35. The van der Waals surface area contributed by atoms with Crippen molar-refractivity contribution in [3.63, 3.8) is 0 Å². The quantitative estimate of drug-likeness (QED) is 0.475. The Kier molecular flexibility index (Phi) is 5.05. The number of benzene rings is 1. The van der Waals surface area contributed by atoms with E-state index in [2.05, 4.69) is 0 Å². The van der Waals surface area contributed by atoms with Gasteiger partial charge in [0.15, 0.2) is 0 Å². The van der Waals surface area contributed by atoms with Crippen LogP contribution in [0.25, 0.3) is 6.08 Å². The summed E-state index contributed by atoms with van der Waals surface area (Å²) in [7, 11) is 0. The van der Waals surface area contributed by atoms with Gasteiger partial charge in [0.1, 0.15) is 29.2 Å². The van der Waals surface area contributed by atoms with E-state index in [1.165, 1.54) is 6.08 Å². The highest BCUT2D eigenvalue weighted by Gasteiger charge is 2.22. The molecule has 0 radical (unpaired) electrons. The monoisotopic (exact) mass is 301 g/mol. The number of rotatable bonds is 5. The average Bonchev–Trinajstić information content (AvgIpc) is 2.84. The Labute approximate surface area is 130 Å². The first-order valence-corrected chi connectivity index (χ1v) is 7.34. The number of nitriles is 1. The minimum atomic E-state index is -0.637. The summed E-state index contributed by atoms with van der Waals surface area (Å²) in [5.74, 6) is 0.765. The van der Waals surface area contributed by atoms with E-state index in [4.69, 9.17) is 19.5 Å². The van der Waals surface area contributed by atoms with Gasteiger partial charge >= 0.3 is 5.97 Å².